The Hall–Kier alpha value is -0.240. The van der Waals surface area contributed by atoms with Crippen molar-refractivity contribution in [3.8, 4) is 0 Å². The van der Waals surface area contributed by atoms with Gasteiger partial charge in [-0.05, 0) is 12.8 Å². The van der Waals surface area contributed by atoms with Gasteiger partial charge in [0.2, 0.25) is 0 Å². The summed E-state index contributed by atoms with van der Waals surface area (Å²) in [7, 11) is 0. The van der Waals surface area contributed by atoms with Crippen LogP contribution in [0.1, 0.15) is 32.1 Å². The lowest BCUT2D eigenvalue weighted by molar-refractivity contribution is 0.306. The first-order valence-corrected chi connectivity index (χ1v) is 3.28. The Bertz CT molecular complexity index is 81.6. The normalized spacial score (nSPS) is 18.5. The van der Waals surface area contributed by atoms with Crippen molar-refractivity contribution >= 4 is 0 Å². The molecule has 0 aliphatic heterocycles. The Morgan fingerprint density at radius 1 is 0.667 bits per heavy atom. The molecule has 0 spiro atoms. The molecular formula is C6H22N2O4. The van der Waals surface area contributed by atoms with E-state index >= 15 is 0 Å². The molecule has 0 radical (unpaired) electrons. The Kier molecular flexibility index (Phi) is 16.7. The van der Waals surface area contributed by atoms with Crippen molar-refractivity contribution in [2.45, 2.75) is 37.8 Å². The first kappa shape index (κ1) is 22.6. The average molecular weight is 186 g/mol. The summed E-state index contributed by atoms with van der Waals surface area (Å²) in [4.78, 5) is 0. The molecule has 80 valence electrons. The minimum atomic E-state index is -0.321. The lowest BCUT2D eigenvalue weighted by Crippen LogP contribution is -2.50. The van der Waals surface area contributed by atoms with Crippen molar-refractivity contribution in [3.63, 3.8) is 0 Å². The molecule has 0 atom stereocenters. The van der Waals surface area contributed by atoms with E-state index in [1.807, 2.05) is 0 Å². The summed E-state index contributed by atoms with van der Waals surface area (Å²) in [5.74, 6) is 0. The van der Waals surface area contributed by atoms with Crippen LogP contribution in [0.5, 0.6) is 0 Å². The van der Waals surface area contributed by atoms with Gasteiger partial charge in [0, 0.05) is 0 Å². The standard InChI is InChI=1S/C6H14N2.4H2O/c7-6(8)4-2-1-3-5-6;;;;/h1-5,7-8H2;4*1H2. The monoisotopic (exact) mass is 186 g/mol. The van der Waals surface area contributed by atoms with Crippen LogP contribution < -0.4 is 11.5 Å². The van der Waals surface area contributed by atoms with Crippen LogP contribution in [0.25, 0.3) is 0 Å². The van der Waals surface area contributed by atoms with E-state index in [1.165, 1.54) is 19.3 Å². The molecule has 0 unspecified atom stereocenters. The maximum Gasteiger partial charge on any atom is 0.0636 e. The largest absolute Gasteiger partial charge is 0.412 e. The van der Waals surface area contributed by atoms with Crippen LogP contribution in [0.2, 0.25) is 0 Å². The lowest BCUT2D eigenvalue weighted by Gasteiger charge is -2.28. The highest BCUT2D eigenvalue weighted by atomic mass is 16.0. The topological polar surface area (TPSA) is 178 Å². The molecule has 12 N–H and O–H groups in total. The molecular weight excluding hydrogens is 164 g/mol. The Balaban J connectivity index is -0.0000000800. The van der Waals surface area contributed by atoms with Crippen molar-refractivity contribution in [1.29, 1.82) is 0 Å². The summed E-state index contributed by atoms with van der Waals surface area (Å²) < 4.78 is 0. The third kappa shape index (κ3) is 7.86. The van der Waals surface area contributed by atoms with E-state index in [-0.39, 0.29) is 27.6 Å². The molecule has 1 fully saturated rings. The van der Waals surface area contributed by atoms with Crippen molar-refractivity contribution in [2.75, 3.05) is 0 Å². The molecule has 0 aromatic carbocycles. The molecule has 0 aromatic rings. The van der Waals surface area contributed by atoms with E-state index in [2.05, 4.69) is 0 Å². The van der Waals surface area contributed by atoms with E-state index in [1.54, 1.807) is 0 Å². The fraction of sp³-hybridized carbons (Fsp3) is 1.00. The molecule has 1 aliphatic rings. The Morgan fingerprint density at radius 2 is 1.00 bits per heavy atom. The van der Waals surface area contributed by atoms with Crippen molar-refractivity contribution < 1.29 is 21.9 Å². The van der Waals surface area contributed by atoms with Crippen molar-refractivity contribution in [2.24, 2.45) is 11.5 Å². The molecule has 1 rings (SSSR count). The van der Waals surface area contributed by atoms with Gasteiger partial charge in [0.1, 0.15) is 0 Å². The third-order valence-electron chi connectivity index (χ3n) is 1.78. The van der Waals surface area contributed by atoms with E-state index in [4.69, 9.17) is 11.5 Å². The molecule has 12 heavy (non-hydrogen) atoms. The summed E-state index contributed by atoms with van der Waals surface area (Å²) >= 11 is 0. The maximum atomic E-state index is 5.66. The van der Waals surface area contributed by atoms with Gasteiger partial charge in [0.25, 0.3) is 0 Å². The Labute approximate surface area is 72.2 Å². The highest BCUT2D eigenvalue weighted by Crippen LogP contribution is 2.20. The molecule has 6 nitrogen and oxygen atoms in total. The second kappa shape index (κ2) is 8.85. The molecule has 0 saturated heterocycles. The summed E-state index contributed by atoms with van der Waals surface area (Å²) in [5, 5.41) is 0. The van der Waals surface area contributed by atoms with E-state index < -0.39 is 0 Å². The SMILES string of the molecule is NC1(N)CCCCC1.O.O.O.O. The van der Waals surface area contributed by atoms with Crippen LogP contribution in [0.15, 0.2) is 0 Å². The van der Waals surface area contributed by atoms with Gasteiger partial charge < -0.3 is 33.4 Å². The average Bonchev–Trinajstić information content (AvgIpc) is 1.65. The van der Waals surface area contributed by atoms with Gasteiger partial charge in [0.15, 0.2) is 0 Å². The summed E-state index contributed by atoms with van der Waals surface area (Å²) in [6.07, 6.45) is 5.76. The van der Waals surface area contributed by atoms with Crippen LogP contribution in [-0.2, 0) is 0 Å². The summed E-state index contributed by atoms with van der Waals surface area (Å²) in [6, 6.07) is 0. The first-order valence-electron chi connectivity index (χ1n) is 3.28. The van der Waals surface area contributed by atoms with Crippen molar-refractivity contribution in [1.82, 2.24) is 0 Å². The van der Waals surface area contributed by atoms with Crippen molar-refractivity contribution in [3.05, 3.63) is 0 Å². The van der Waals surface area contributed by atoms with Crippen LogP contribution in [0, 0.1) is 0 Å². The molecule has 0 amide bonds. The molecule has 6 heteroatoms. The highest BCUT2D eigenvalue weighted by Gasteiger charge is 2.21. The van der Waals surface area contributed by atoms with Gasteiger partial charge in [0.05, 0.1) is 5.66 Å². The smallest absolute Gasteiger partial charge is 0.0636 e. The predicted molar refractivity (Wildman–Crippen MR) is 48.6 cm³/mol. The van der Waals surface area contributed by atoms with Gasteiger partial charge in [-0.2, -0.15) is 0 Å². The highest BCUT2D eigenvalue weighted by molar-refractivity contribution is 4.79. The maximum absolute atomic E-state index is 5.66. The Morgan fingerprint density at radius 3 is 1.17 bits per heavy atom. The van der Waals surface area contributed by atoms with Crippen LogP contribution in [0.3, 0.4) is 0 Å². The molecule has 0 bridgehead atoms. The summed E-state index contributed by atoms with van der Waals surface area (Å²) in [5.41, 5.74) is 11.0. The molecule has 0 heterocycles. The van der Waals surface area contributed by atoms with Crippen LogP contribution in [0.4, 0.5) is 0 Å². The number of rotatable bonds is 0. The van der Waals surface area contributed by atoms with Gasteiger partial charge >= 0.3 is 0 Å². The van der Waals surface area contributed by atoms with Gasteiger partial charge in [-0.15, -0.1) is 0 Å². The minimum absolute atomic E-state index is 0. The second-order valence-electron chi connectivity index (χ2n) is 2.79. The van der Waals surface area contributed by atoms with E-state index in [0.717, 1.165) is 12.8 Å². The number of nitrogens with two attached hydrogens (primary N) is 2. The minimum Gasteiger partial charge on any atom is -0.412 e. The fourth-order valence-electron chi connectivity index (χ4n) is 1.21. The zero-order valence-corrected chi connectivity index (χ0v) is 7.19. The zero-order valence-electron chi connectivity index (χ0n) is 7.19. The molecule has 1 aliphatic carbocycles. The van der Waals surface area contributed by atoms with E-state index in [9.17, 15) is 0 Å². The zero-order chi connectivity index (χ0) is 6.04. The molecule has 0 aromatic heterocycles. The van der Waals surface area contributed by atoms with Crippen LogP contribution >= 0.6 is 0 Å². The second-order valence-corrected chi connectivity index (χ2v) is 2.79. The summed E-state index contributed by atoms with van der Waals surface area (Å²) in [6.45, 7) is 0. The third-order valence-corrected chi connectivity index (χ3v) is 1.78. The van der Waals surface area contributed by atoms with Gasteiger partial charge in [-0.3, -0.25) is 0 Å². The van der Waals surface area contributed by atoms with Gasteiger partial charge in [-0.25, -0.2) is 0 Å². The fourth-order valence-corrected chi connectivity index (χ4v) is 1.21. The number of hydrogen-bond acceptors (Lipinski definition) is 2. The van der Waals surface area contributed by atoms with Gasteiger partial charge in [-0.1, -0.05) is 19.3 Å². The first-order chi connectivity index (χ1) is 3.71. The quantitative estimate of drug-likeness (QED) is 0.390. The lowest BCUT2D eigenvalue weighted by atomic mass is 9.91. The molecule has 1 saturated carbocycles. The van der Waals surface area contributed by atoms with E-state index in [0.29, 0.717) is 0 Å². The number of hydrogen-bond donors (Lipinski definition) is 2. The predicted octanol–water partition coefficient (Wildman–Crippen LogP) is -2.73. The van der Waals surface area contributed by atoms with Crippen LogP contribution in [-0.4, -0.2) is 27.6 Å².